The van der Waals surface area contributed by atoms with Crippen molar-refractivity contribution < 1.29 is 9.47 Å². The third-order valence-electron chi connectivity index (χ3n) is 3.04. The molecule has 0 aliphatic carbocycles. The van der Waals surface area contributed by atoms with E-state index >= 15 is 0 Å². The minimum absolute atomic E-state index is 0.639. The Labute approximate surface area is 140 Å². The molecule has 4 heteroatoms. The van der Waals surface area contributed by atoms with Crippen molar-refractivity contribution in [3.05, 3.63) is 79.0 Å². The Hall–Kier alpha value is -2.46. The van der Waals surface area contributed by atoms with Gasteiger partial charge in [0.25, 0.3) is 0 Å². The molecule has 1 aromatic heterocycles. The zero-order valence-electron chi connectivity index (χ0n) is 12.6. The van der Waals surface area contributed by atoms with Gasteiger partial charge in [-0.3, -0.25) is 0 Å². The smallest absolute Gasteiger partial charge is 0.127 e. The summed E-state index contributed by atoms with van der Waals surface area (Å²) in [4.78, 5) is 4.27. The quantitative estimate of drug-likeness (QED) is 0.450. The molecule has 0 spiro atoms. The van der Waals surface area contributed by atoms with Crippen LogP contribution in [0.3, 0.4) is 0 Å². The van der Waals surface area contributed by atoms with Crippen molar-refractivity contribution in [2.24, 2.45) is 0 Å². The van der Waals surface area contributed by atoms with E-state index in [1.54, 1.807) is 18.0 Å². The molecular weight excluding hydrogens is 306 g/mol. The van der Waals surface area contributed by atoms with Crippen LogP contribution >= 0.6 is 11.8 Å². The number of rotatable bonds is 7. The largest absolute Gasteiger partial charge is 0.493 e. The average Bonchev–Trinajstić information content (AvgIpc) is 2.62. The van der Waals surface area contributed by atoms with E-state index in [-0.39, 0.29) is 0 Å². The van der Waals surface area contributed by atoms with E-state index in [2.05, 4.69) is 4.98 Å². The van der Waals surface area contributed by atoms with Crippen LogP contribution in [-0.2, 0) is 0 Å². The molecular formula is C19H17NO2S. The summed E-state index contributed by atoms with van der Waals surface area (Å²) in [5.74, 6) is 3.32. The average molecular weight is 323 g/mol. The summed E-state index contributed by atoms with van der Waals surface area (Å²) in [6, 6.07) is 23.3. The molecule has 0 amide bonds. The maximum atomic E-state index is 5.75. The summed E-state index contributed by atoms with van der Waals surface area (Å²) in [6.07, 6.45) is 1.80. The van der Waals surface area contributed by atoms with Crippen LogP contribution in [0.4, 0.5) is 0 Å². The van der Waals surface area contributed by atoms with Crippen molar-refractivity contribution >= 4 is 11.8 Å². The second-order valence-corrected chi connectivity index (χ2v) is 5.87. The lowest BCUT2D eigenvalue weighted by molar-refractivity contribution is 0.343. The lowest BCUT2D eigenvalue weighted by atomic mass is 10.3. The van der Waals surface area contributed by atoms with Crippen molar-refractivity contribution in [3.63, 3.8) is 0 Å². The minimum Gasteiger partial charge on any atom is -0.493 e. The number of para-hydroxylation sites is 1. The van der Waals surface area contributed by atoms with E-state index in [1.807, 2.05) is 72.8 Å². The Balaban J connectivity index is 1.44. The SMILES string of the molecule is c1ccc(Oc2ccc(OCCSc3ccccn3)cc2)cc1. The molecule has 0 aliphatic heterocycles. The number of thioether (sulfide) groups is 1. The van der Waals surface area contributed by atoms with Gasteiger partial charge in [0.1, 0.15) is 17.2 Å². The van der Waals surface area contributed by atoms with Gasteiger partial charge in [0.2, 0.25) is 0 Å². The number of hydrogen-bond donors (Lipinski definition) is 0. The minimum atomic E-state index is 0.639. The van der Waals surface area contributed by atoms with Crippen molar-refractivity contribution in [2.75, 3.05) is 12.4 Å². The molecule has 0 radical (unpaired) electrons. The first-order valence-electron chi connectivity index (χ1n) is 7.40. The standard InChI is InChI=1S/C19H17NO2S/c1-2-6-17(7-3-1)22-18-11-9-16(10-12-18)21-14-15-23-19-8-4-5-13-20-19/h1-13H,14-15H2. The highest BCUT2D eigenvalue weighted by Crippen LogP contribution is 2.23. The monoisotopic (exact) mass is 323 g/mol. The second-order valence-electron chi connectivity index (χ2n) is 4.75. The summed E-state index contributed by atoms with van der Waals surface area (Å²) in [7, 11) is 0. The molecule has 2 aromatic carbocycles. The van der Waals surface area contributed by atoms with E-state index in [4.69, 9.17) is 9.47 Å². The maximum absolute atomic E-state index is 5.75. The summed E-state index contributed by atoms with van der Waals surface area (Å²) in [5, 5.41) is 1.02. The highest BCUT2D eigenvalue weighted by molar-refractivity contribution is 7.99. The van der Waals surface area contributed by atoms with Gasteiger partial charge in [0, 0.05) is 11.9 Å². The van der Waals surface area contributed by atoms with Gasteiger partial charge in [-0.2, -0.15) is 0 Å². The third kappa shape index (κ3) is 5.04. The summed E-state index contributed by atoms with van der Waals surface area (Å²) in [6.45, 7) is 0.639. The van der Waals surface area contributed by atoms with Gasteiger partial charge in [-0.15, -0.1) is 11.8 Å². The lowest BCUT2D eigenvalue weighted by Gasteiger charge is -2.08. The molecule has 0 unspecified atom stereocenters. The van der Waals surface area contributed by atoms with Crippen molar-refractivity contribution in [2.45, 2.75) is 5.03 Å². The van der Waals surface area contributed by atoms with Crippen LogP contribution in [0.5, 0.6) is 17.2 Å². The van der Waals surface area contributed by atoms with Crippen LogP contribution in [-0.4, -0.2) is 17.3 Å². The van der Waals surface area contributed by atoms with E-state index in [0.717, 1.165) is 28.0 Å². The number of ether oxygens (including phenoxy) is 2. The first-order chi connectivity index (χ1) is 11.4. The van der Waals surface area contributed by atoms with Gasteiger partial charge in [-0.1, -0.05) is 24.3 Å². The molecule has 0 fully saturated rings. The van der Waals surface area contributed by atoms with Gasteiger partial charge in [-0.05, 0) is 48.5 Å². The Morgan fingerprint density at radius 2 is 1.43 bits per heavy atom. The fourth-order valence-corrected chi connectivity index (χ4v) is 2.65. The molecule has 3 rings (SSSR count). The molecule has 0 atom stereocenters. The van der Waals surface area contributed by atoms with Gasteiger partial charge < -0.3 is 9.47 Å². The topological polar surface area (TPSA) is 31.4 Å². The van der Waals surface area contributed by atoms with E-state index in [9.17, 15) is 0 Å². The number of aromatic nitrogens is 1. The number of nitrogens with zero attached hydrogens (tertiary/aromatic N) is 1. The van der Waals surface area contributed by atoms with Crippen LogP contribution in [0.15, 0.2) is 84.0 Å². The number of benzene rings is 2. The molecule has 3 aromatic rings. The molecule has 3 nitrogen and oxygen atoms in total. The van der Waals surface area contributed by atoms with Gasteiger partial charge in [-0.25, -0.2) is 4.98 Å². The zero-order chi connectivity index (χ0) is 15.7. The Bertz CT molecular complexity index is 702. The summed E-state index contributed by atoms with van der Waals surface area (Å²) in [5.41, 5.74) is 0. The lowest BCUT2D eigenvalue weighted by Crippen LogP contribution is -2.00. The maximum Gasteiger partial charge on any atom is 0.127 e. The van der Waals surface area contributed by atoms with Gasteiger partial charge in [0.05, 0.1) is 11.6 Å². The van der Waals surface area contributed by atoms with Crippen LogP contribution in [0.25, 0.3) is 0 Å². The van der Waals surface area contributed by atoms with Crippen LogP contribution < -0.4 is 9.47 Å². The zero-order valence-corrected chi connectivity index (χ0v) is 13.4. The van der Waals surface area contributed by atoms with E-state index in [1.165, 1.54) is 0 Å². The van der Waals surface area contributed by atoms with Crippen molar-refractivity contribution in [3.8, 4) is 17.2 Å². The molecule has 0 bridgehead atoms. The number of hydrogen-bond acceptors (Lipinski definition) is 4. The molecule has 23 heavy (non-hydrogen) atoms. The Morgan fingerprint density at radius 1 is 0.739 bits per heavy atom. The first-order valence-corrected chi connectivity index (χ1v) is 8.38. The molecule has 0 saturated heterocycles. The Kier molecular flexibility index (Phi) is 5.53. The van der Waals surface area contributed by atoms with Gasteiger partial charge >= 0.3 is 0 Å². The molecule has 0 saturated carbocycles. The first kappa shape index (κ1) is 15.4. The van der Waals surface area contributed by atoms with Gasteiger partial charge in [0.15, 0.2) is 0 Å². The highest BCUT2D eigenvalue weighted by Gasteiger charge is 1.99. The number of pyridine rings is 1. The fraction of sp³-hybridized carbons (Fsp3) is 0.105. The fourth-order valence-electron chi connectivity index (χ4n) is 1.97. The van der Waals surface area contributed by atoms with Crippen LogP contribution in [0, 0.1) is 0 Å². The van der Waals surface area contributed by atoms with E-state index < -0.39 is 0 Å². The normalized spacial score (nSPS) is 10.3. The van der Waals surface area contributed by atoms with Crippen LogP contribution in [0.2, 0.25) is 0 Å². The predicted octanol–water partition coefficient (Wildman–Crippen LogP) is 5.05. The molecule has 1 heterocycles. The van der Waals surface area contributed by atoms with E-state index in [0.29, 0.717) is 6.61 Å². The summed E-state index contributed by atoms with van der Waals surface area (Å²) >= 11 is 1.68. The predicted molar refractivity (Wildman–Crippen MR) is 93.4 cm³/mol. The molecule has 0 aliphatic rings. The third-order valence-corrected chi connectivity index (χ3v) is 3.95. The van der Waals surface area contributed by atoms with Crippen LogP contribution in [0.1, 0.15) is 0 Å². The summed E-state index contributed by atoms with van der Waals surface area (Å²) < 4.78 is 11.5. The second kappa shape index (κ2) is 8.25. The van der Waals surface area contributed by atoms with Crippen molar-refractivity contribution in [1.82, 2.24) is 4.98 Å². The highest BCUT2D eigenvalue weighted by atomic mass is 32.2. The molecule has 0 N–H and O–H groups in total. The molecule has 116 valence electrons. The van der Waals surface area contributed by atoms with Crippen molar-refractivity contribution in [1.29, 1.82) is 0 Å². The Morgan fingerprint density at radius 3 is 2.17 bits per heavy atom.